The predicted octanol–water partition coefficient (Wildman–Crippen LogP) is 3.23. The lowest BCUT2D eigenvalue weighted by Gasteiger charge is -2.10. The lowest BCUT2D eigenvalue weighted by atomic mass is 10.3. The molecule has 0 bridgehead atoms. The second-order valence-electron chi connectivity index (χ2n) is 5.63. The van der Waals surface area contributed by atoms with Crippen LogP contribution in [0.2, 0.25) is 10.0 Å². The van der Waals surface area contributed by atoms with Gasteiger partial charge in [-0.1, -0.05) is 23.2 Å². The molecule has 1 aliphatic rings. The number of anilines is 1. The van der Waals surface area contributed by atoms with Crippen LogP contribution in [0.15, 0.2) is 52.3 Å². The van der Waals surface area contributed by atoms with E-state index in [1.165, 1.54) is 42.5 Å². The summed E-state index contributed by atoms with van der Waals surface area (Å²) in [5, 5.41) is 0.390. The van der Waals surface area contributed by atoms with Crippen molar-refractivity contribution >= 4 is 48.9 Å². The van der Waals surface area contributed by atoms with Gasteiger partial charge in [-0.3, -0.25) is 4.72 Å². The summed E-state index contributed by atoms with van der Waals surface area (Å²) in [4.78, 5) is -0.00903. The molecule has 0 saturated heterocycles. The molecular formula is C15H14Cl2N2O4S2. The van der Waals surface area contributed by atoms with Crippen molar-refractivity contribution in [3.05, 3.63) is 52.5 Å². The first-order valence-electron chi connectivity index (χ1n) is 7.27. The summed E-state index contributed by atoms with van der Waals surface area (Å²) in [6, 6.07) is 9.41. The van der Waals surface area contributed by atoms with Crippen LogP contribution in [0.25, 0.3) is 0 Å². The fraction of sp³-hybridized carbons (Fsp3) is 0.200. The van der Waals surface area contributed by atoms with Crippen LogP contribution in [0, 0.1) is 0 Å². The second-order valence-corrected chi connectivity index (χ2v) is 9.90. The van der Waals surface area contributed by atoms with Crippen molar-refractivity contribution in [3.8, 4) is 0 Å². The van der Waals surface area contributed by atoms with Gasteiger partial charge in [-0.15, -0.1) is 0 Å². The Morgan fingerprint density at radius 3 is 1.88 bits per heavy atom. The predicted molar refractivity (Wildman–Crippen MR) is 97.1 cm³/mol. The number of sulfonamides is 2. The minimum atomic E-state index is -3.90. The molecule has 0 heterocycles. The van der Waals surface area contributed by atoms with E-state index in [0.29, 0.717) is 0 Å². The smallest absolute Gasteiger partial charge is 0.261 e. The average molecular weight is 421 g/mol. The molecule has 2 aromatic rings. The Balaban J connectivity index is 1.80. The van der Waals surface area contributed by atoms with Gasteiger partial charge in [-0.25, -0.2) is 21.6 Å². The highest BCUT2D eigenvalue weighted by molar-refractivity contribution is 7.92. The first-order chi connectivity index (χ1) is 11.7. The molecule has 1 saturated carbocycles. The van der Waals surface area contributed by atoms with E-state index in [0.717, 1.165) is 12.8 Å². The molecule has 2 N–H and O–H groups in total. The van der Waals surface area contributed by atoms with E-state index in [1.807, 2.05) is 0 Å². The molecule has 0 atom stereocenters. The van der Waals surface area contributed by atoms with Crippen LogP contribution in [-0.2, 0) is 20.0 Å². The molecule has 0 spiro atoms. The van der Waals surface area contributed by atoms with Crippen LogP contribution >= 0.6 is 23.2 Å². The van der Waals surface area contributed by atoms with Gasteiger partial charge in [-0.05, 0) is 55.3 Å². The van der Waals surface area contributed by atoms with Gasteiger partial charge in [-0.2, -0.15) is 0 Å². The number of rotatable bonds is 6. The normalized spacial score (nSPS) is 15.1. The van der Waals surface area contributed by atoms with Crippen LogP contribution in [0.4, 0.5) is 5.69 Å². The van der Waals surface area contributed by atoms with Crippen LogP contribution < -0.4 is 9.44 Å². The van der Waals surface area contributed by atoms with E-state index >= 15 is 0 Å². The van der Waals surface area contributed by atoms with Gasteiger partial charge in [0.05, 0.1) is 9.79 Å². The second kappa shape index (κ2) is 6.77. The highest BCUT2D eigenvalue weighted by Gasteiger charge is 2.28. The third-order valence-electron chi connectivity index (χ3n) is 3.46. The topological polar surface area (TPSA) is 92.3 Å². The van der Waals surface area contributed by atoms with Crippen LogP contribution in [-0.4, -0.2) is 22.9 Å². The Morgan fingerprint density at radius 2 is 1.36 bits per heavy atom. The van der Waals surface area contributed by atoms with E-state index < -0.39 is 20.0 Å². The van der Waals surface area contributed by atoms with Crippen molar-refractivity contribution in [1.29, 1.82) is 0 Å². The molecule has 1 aliphatic carbocycles. The monoisotopic (exact) mass is 420 g/mol. The maximum Gasteiger partial charge on any atom is 0.261 e. The van der Waals surface area contributed by atoms with Crippen molar-refractivity contribution in [3.63, 3.8) is 0 Å². The summed E-state index contributed by atoms with van der Waals surface area (Å²) in [5.41, 5.74) is 0.224. The first kappa shape index (κ1) is 18.5. The highest BCUT2D eigenvalue weighted by Crippen LogP contribution is 2.25. The summed E-state index contributed by atoms with van der Waals surface area (Å²) < 4.78 is 53.9. The lowest BCUT2D eigenvalue weighted by molar-refractivity contribution is 0.581. The molecule has 0 unspecified atom stereocenters. The molecular weight excluding hydrogens is 407 g/mol. The van der Waals surface area contributed by atoms with Gasteiger partial charge in [0, 0.05) is 21.8 Å². The van der Waals surface area contributed by atoms with Crippen molar-refractivity contribution < 1.29 is 16.8 Å². The van der Waals surface area contributed by atoms with E-state index in [-0.39, 0.29) is 31.6 Å². The van der Waals surface area contributed by atoms with Gasteiger partial charge >= 0.3 is 0 Å². The number of nitrogens with one attached hydrogen (secondary N) is 2. The third-order valence-corrected chi connectivity index (χ3v) is 6.80. The average Bonchev–Trinajstić information content (AvgIpc) is 3.29. The molecule has 0 aromatic heterocycles. The molecule has 25 heavy (non-hydrogen) atoms. The molecule has 0 amide bonds. The Morgan fingerprint density at radius 1 is 0.800 bits per heavy atom. The summed E-state index contributed by atoms with van der Waals surface area (Å²) in [7, 11) is -7.48. The zero-order valence-electron chi connectivity index (χ0n) is 12.7. The lowest BCUT2D eigenvalue weighted by Crippen LogP contribution is -2.25. The van der Waals surface area contributed by atoms with E-state index in [2.05, 4.69) is 9.44 Å². The van der Waals surface area contributed by atoms with Crippen LogP contribution in [0.3, 0.4) is 0 Å². The number of hydrogen-bond acceptors (Lipinski definition) is 4. The van der Waals surface area contributed by atoms with Crippen LogP contribution in [0.5, 0.6) is 0 Å². The molecule has 3 rings (SSSR count). The molecule has 2 aromatic carbocycles. The van der Waals surface area contributed by atoms with E-state index in [1.54, 1.807) is 0 Å². The molecule has 0 radical (unpaired) electrons. The quantitative estimate of drug-likeness (QED) is 0.749. The zero-order chi connectivity index (χ0) is 18.2. The van der Waals surface area contributed by atoms with Crippen molar-refractivity contribution in [2.75, 3.05) is 4.72 Å². The number of halogens is 2. The molecule has 134 valence electrons. The minimum Gasteiger partial charge on any atom is -0.280 e. The molecule has 0 aliphatic heterocycles. The zero-order valence-corrected chi connectivity index (χ0v) is 15.9. The van der Waals surface area contributed by atoms with Gasteiger partial charge in [0.2, 0.25) is 10.0 Å². The Labute approximate surface area is 156 Å². The minimum absolute atomic E-state index is 0.00393. The fourth-order valence-corrected chi connectivity index (χ4v) is 5.18. The third kappa shape index (κ3) is 4.65. The summed E-state index contributed by atoms with van der Waals surface area (Å²) in [5.74, 6) is 0. The van der Waals surface area contributed by atoms with E-state index in [9.17, 15) is 16.8 Å². The molecule has 6 nitrogen and oxygen atoms in total. The SMILES string of the molecule is O=S(=O)(Nc1ccc(S(=O)(=O)NC2CC2)cc1)c1cc(Cl)cc(Cl)c1. The van der Waals surface area contributed by atoms with Gasteiger partial charge < -0.3 is 0 Å². The maximum absolute atomic E-state index is 12.4. The maximum atomic E-state index is 12.4. The van der Waals surface area contributed by atoms with Crippen molar-refractivity contribution in [2.24, 2.45) is 0 Å². The Kier molecular flexibility index (Phi) is 5.00. The standard InChI is InChI=1S/C15H14Cl2N2O4S2/c16-10-7-11(17)9-15(8-10)25(22,23)19-13-3-5-14(6-4-13)24(20,21)18-12-1-2-12/h3-9,12,18-19H,1-2H2. The van der Waals surface area contributed by atoms with Crippen molar-refractivity contribution in [1.82, 2.24) is 4.72 Å². The molecule has 1 fully saturated rings. The summed E-state index contributed by atoms with van der Waals surface area (Å²) in [6.07, 6.45) is 1.67. The fourth-order valence-electron chi connectivity index (χ4n) is 2.09. The van der Waals surface area contributed by atoms with Crippen molar-refractivity contribution in [2.45, 2.75) is 28.7 Å². The molecule has 10 heteroatoms. The van der Waals surface area contributed by atoms with Gasteiger partial charge in [0.15, 0.2) is 0 Å². The van der Waals surface area contributed by atoms with Crippen LogP contribution in [0.1, 0.15) is 12.8 Å². The number of hydrogen-bond donors (Lipinski definition) is 2. The summed E-state index contributed by atoms with van der Waals surface area (Å²) >= 11 is 11.7. The van der Waals surface area contributed by atoms with Gasteiger partial charge in [0.1, 0.15) is 0 Å². The number of benzene rings is 2. The largest absolute Gasteiger partial charge is 0.280 e. The van der Waals surface area contributed by atoms with Gasteiger partial charge in [0.25, 0.3) is 10.0 Å². The Bertz CT molecular complexity index is 982. The Hall–Kier alpha value is -1.32. The summed E-state index contributed by atoms with van der Waals surface area (Å²) in [6.45, 7) is 0. The highest BCUT2D eigenvalue weighted by atomic mass is 35.5. The van der Waals surface area contributed by atoms with E-state index in [4.69, 9.17) is 23.2 Å². The first-order valence-corrected chi connectivity index (χ1v) is 11.0.